The highest BCUT2D eigenvalue weighted by atomic mass is 35.5. The van der Waals surface area contributed by atoms with E-state index in [1.165, 1.54) is 7.11 Å². The summed E-state index contributed by atoms with van der Waals surface area (Å²) in [5.74, 6) is -1.05. The molecule has 5 nitrogen and oxygen atoms in total. The minimum absolute atomic E-state index is 0.0300. The van der Waals surface area contributed by atoms with Gasteiger partial charge in [0.2, 0.25) is 0 Å². The highest BCUT2D eigenvalue weighted by Gasteiger charge is 2.08. The summed E-state index contributed by atoms with van der Waals surface area (Å²) in [5, 5.41) is 0. The summed E-state index contributed by atoms with van der Waals surface area (Å²) in [6.45, 7) is 0.180. The van der Waals surface area contributed by atoms with Crippen LogP contribution in [0.5, 0.6) is 0 Å². The summed E-state index contributed by atoms with van der Waals surface area (Å²) in [6, 6.07) is 9.24. The van der Waals surface area contributed by atoms with Crippen LogP contribution >= 0.6 is 11.6 Å². The Labute approximate surface area is 128 Å². The molecule has 1 rings (SSSR count). The van der Waals surface area contributed by atoms with Crippen LogP contribution in [0.1, 0.15) is 5.56 Å². The van der Waals surface area contributed by atoms with E-state index in [1.54, 1.807) is 0 Å². The van der Waals surface area contributed by atoms with Crippen LogP contribution in [0.3, 0.4) is 0 Å². The van der Waals surface area contributed by atoms with Crippen LogP contribution in [-0.4, -0.2) is 37.6 Å². The Hall–Kier alpha value is -1.85. The minimum atomic E-state index is -0.654. The quantitative estimate of drug-likeness (QED) is 0.418. The fraction of sp³-hybridized carbons (Fsp3) is 0.333. The lowest BCUT2D eigenvalue weighted by molar-refractivity contribution is -0.142. The van der Waals surface area contributed by atoms with E-state index < -0.39 is 11.9 Å². The topological polar surface area (TPSA) is 61.8 Å². The van der Waals surface area contributed by atoms with E-state index in [2.05, 4.69) is 0 Å². The highest BCUT2D eigenvalue weighted by molar-refractivity contribution is 6.18. The van der Waals surface area contributed by atoms with Gasteiger partial charge >= 0.3 is 11.9 Å². The molecule has 0 N–H and O–H groups in total. The number of esters is 2. The van der Waals surface area contributed by atoms with Crippen LogP contribution in [0.2, 0.25) is 0 Å². The first-order valence-corrected chi connectivity index (χ1v) is 6.83. The Morgan fingerprint density at radius 2 is 1.76 bits per heavy atom. The maximum Gasteiger partial charge on any atom is 0.331 e. The average molecular weight is 313 g/mol. The number of hydrogen-bond acceptors (Lipinski definition) is 5. The molecule has 0 spiro atoms. The molecule has 0 aliphatic heterocycles. The van der Waals surface area contributed by atoms with Crippen LogP contribution in [-0.2, 0) is 30.4 Å². The summed E-state index contributed by atoms with van der Waals surface area (Å²) in [5.41, 5.74) is 0.867. The van der Waals surface area contributed by atoms with Gasteiger partial charge in [0.25, 0.3) is 0 Å². The van der Waals surface area contributed by atoms with Crippen molar-refractivity contribution in [2.75, 3.05) is 19.6 Å². The lowest BCUT2D eigenvalue weighted by Gasteiger charge is -2.10. The predicted molar refractivity (Wildman–Crippen MR) is 77.9 cm³/mol. The highest BCUT2D eigenvalue weighted by Crippen LogP contribution is 2.01. The Bertz CT molecular complexity index is 468. The van der Waals surface area contributed by atoms with Crippen LogP contribution < -0.4 is 0 Å². The number of hydrogen-bond donors (Lipinski definition) is 0. The summed E-state index contributed by atoms with van der Waals surface area (Å²) in [4.78, 5) is 22.8. The minimum Gasteiger partial charge on any atom is -0.460 e. The molecule has 114 valence electrons. The predicted octanol–water partition coefficient (Wildman–Crippen LogP) is 2.08. The molecule has 6 heteroatoms. The molecule has 21 heavy (non-hydrogen) atoms. The molecule has 1 aromatic carbocycles. The standard InChI is InChI=1S/C15H17ClO5/c1-19-13(9-16)11-21-15(18)8-7-14(17)20-10-12-5-3-2-4-6-12/h2-8,13H,9-11H2,1H3/b8-7+. The third kappa shape index (κ3) is 7.48. The van der Waals surface area contributed by atoms with Gasteiger partial charge in [-0.25, -0.2) is 9.59 Å². The molecule has 1 atom stereocenters. The zero-order chi connectivity index (χ0) is 15.5. The molecule has 0 aliphatic rings. The van der Waals surface area contributed by atoms with E-state index in [-0.39, 0.29) is 25.2 Å². The number of ether oxygens (including phenoxy) is 3. The third-order valence-corrected chi connectivity index (χ3v) is 2.84. The normalized spacial score (nSPS) is 12.1. The molecular formula is C15H17ClO5. The monoisotopic (exact) mass is 312 g/mol. The Morgan fingerprint density at radius 3 is 2.33 bits per heavy atom. The number of carbonyl (C=O) groups is 2. The largest absolute Gasteiger partial charge is 0.460 e. The van der Waals surface area contributed by atoms with Crippen molar-refractivity contribution in [3.05, 3.63) is 48.0 Å². The third-order valence-electron chi connectivity index (χ3n) is 2.50. The summed E-state index contributed by atoms with van der Waals surface area (Å²) in [6.07, 6.45) is 1.66. The molecule has 1 unspecified atom stereocenters. The van der Waals surface area contributed by atoms with E-state index in [1.807, 2.05) is 30.3 Å². The van der Waals surface area contributed by atoms with Gasteiger partial charge in [-0.1, -0.05) is 30.3 Å². The lowest BCUT2D eigenvalue weighted by atomic mass is 10.2. The van der Waals surface area contributed by atoms with Crippen molar-refractivity contribution in [3.63, 3.8) is 0 Å². The van der Waals surface area contributed by atoms with E-state index in [0.29, 0.717) is 0 Å². The van der Waals surface area contributed by atoms with E-state index >= 15 is 0 Å². The summed E-state index contributed by atoms with van der Waals surface area (Å²) >= 11 is 5.57. The molecule has 0 saturated carbocycles. The van der Waals surface area contributed by atoms with Gasteiger partial charge in [0, 0.05) is 19.3 Å². The van der Waals surface area contributed by atoms with Gasteiger partial charge in [-0.15, -0.1) is 11.6 Å². The number of benzene rings is 1. The van der Waals surface area contributed by atoms with Crippen LogP contribution in [0.25, 0.3) is 0 Å². The van der Waals surface area contributed by atoms with E-state index in [4.69, 9.17) is 25.8 Å². The number of carbonyl (C=O) groups excluding carboxylic acids is 2. The Balaban J connectivity index is 2.28. The summed E-state index contributed by atoms with van der Waals surface area (Å²) < 4.78 is 14.8. The molecule has 0 amide bonds. The second-order valence-corrected chi connectivity index (χ2v) is 4.38. The molecule has 0 saturated heterocycles. The van der Waals surface area contributed by atoms with Gasteiger partial charge < -0.3 is 14.2 Å². The van der Waals surface area contributed by atoms with Crippen molar-refractivity contribution in [2.24, 2.45) is 0 Å². The molecule has 0 bridgehead atoms. The maximum absolute atomic E-state index is 11.4. The van der Waals surface area contributed by atoms with Crippen molar-refractivity contribution in [1.82, 2.24) is 0 Å². The Morgan fingerprint density at radius 1 is 1.14 bits per heavy atom. The number of methoxy groups -OCH3 is 1. The second-order valence-electron chi connectivity index (χ2n) is 4.07. The van der Waals surface area contributed by atoms with Crippen molar-refractivity contribution < 1.29 is 23.8 Å². The van der Waals surface area contributed by atoms with Gasteiger partial charge in [-0.2, -0.15) is 0 Å². The molecule has 1 aromatic rings. The maximum atomic E-state index is 11.4. The zero-order valence-electron chi connectivity index (χ0n) is 11.7. The van der Waals surface area contributed by atoms with Crippen LogP contribution in [0, 0.1) is 0 Å². The van der Waals surface area contributed by atoms with Crippen molar-refractivity contribution in [3.8, 4) is 0 Å². The first kappa shape index (κ1) is 17.2. The average Bonchev–Trinajstić information content (AvgIpc) is 2.53. The van der Waals surface area contributed by atoms with E-state index in [9.17, 15) is 9.59 Å². The lowest BCUT2D eigenvalue weighted by Crippen LogP contribution is -2.21. The molecule has 0 heterocycles. The molecule has 0 radical (unpaired) electrons. The summed E-state index contributed by atoms with van der Waals surface area (Å²) in [7, 11) is 1.47. The van der Waals surface area contributed by atoms with Crippen molar-refractivity contribution in [2.45, 2.75) is 12.7 Å². The molecule has 0 aromatic heterocycles. The van der Waals surface area contributed by atoms with Gasteiger partial charge in [0.15, 0.2) is 0 Å². The van der Waals surface area contributed by atoms with Gasteiger partial charge in [-0.3, -0.25) is 0 Å². The van der Waals surface area contributed by atoms with Crippen LogP contribution in [0.15, 0.2) is 42.5 Å². The smallest absolute Gasteiger partial charge is 0.331 e. The van der Waals surface area contributed by atoms with Crippen LogP contribution in [0.4, 0.5) is 0 Å². The molecule has 0 fully saturated rings. The molecule has 0 aliphatic carbocycles. The first-order valence-electron chi connectivity index (χ1n) is 6.30. The van der Waals surface area contributed by atoms with E-state index in [0.717, 1.165) is 17.7 Å². The SMILES string of the molecule is COC(CCl)COC(=O)/C=C/C(=O)OCc1ccccc1. The van der Waals surface area contributed by atoms with Gasteiger partial charge in [0.05, 0.1) is 5.88 Å². The second kappa shape index (κ2) is 9.96. The van der Waals surface area contributed by atoms with Crippen molar-refractivity contribution in [1.29, 1.82) is 0 Å². The number of halogens is 1. The fourth-order valence-corrected chi connectivity index (χ4v) is 1.53. The van der Waals surface area contributed by atoms with Gasteiger partial charge in [0.1, 0.15) is 19.3 Å². The first-order chi connectivity index (χ1) is 10.2. The Kier molecular flexibility index (Phi) is 8.16. The van der Waals surface area contributed by atoms with Gasteiger partial charge in [-0.05, 0) is 5.56 Å². The molecular weight excluding hydrogens is 296 g/mol. The number of rotatable bonds is 8. The van der Waals surface area contributed by atoms with Crippen molar-refractivity contribution >= 4 is 23.5 Å². The number of alkyl halides is 1. The fourth-order valence-electron chi connectivity index (χ4n) is 1.31. The zero-order valence-corrected chi connectivity index (χ0v) is 12.4.